The van der Waals surface area contributed by atoms with E-state index in [-0.39, 0.29) is 17.0 Å². The zero-order valence-electron chi connectivity index (χ0n) is 17.1. The van der Waals surface area contributed by atoms with Crippen molar-refractivity contribution in [1.29, 1.82) is 5.26 Å². The smallest absolute Gasteiger partial charge is 0.276 e. The van der Waals surface area contributed by atoms with Gasteiger partial charge in [-0.1, -0.05) is 58.2 Å². The van der Waals surface area contributed by atoms with Crippen LogP contribution in [0.25, 0.3) is 0 Å². The topological polar surface area (TPSA) is 62.3 Å². The molecule has 2 aliphatic rings. The van der Waals surface area contributed by atoms with Crippen LogP contribution in [0.4, 0.5) is 0 Å². The average Bonchev–Trinajstić information content (AvgIpc) is 2.91. The fraction of sp³-hybridized carbons (Fsp3) is 0.591. The zero-order valence-corrected chi connectivity index (χ0v) is 17.9. The standard InChI is InChI=1S/C22H30N4OS/c1-21(2,3)18(16-27-17-10-6-4-7-11-17)24-19-22(12-8-5-9-13-22)26(15-14-23)20(28)25-19/h4,6-7,10-11,18H,5,8-9,12-13,15-16H2,1-3H3,(H,24,25,28)/p+1. The molecule has 1 aliphatic heterocycles. The van der Waals surface area contributed by atoms with Gasteiger partial charge in [0.2, 0.25) is 0 Å². The Bertz CT molecular complexity index is 757. The van der Waals surface area contributed by atoms with Crippen molar-refractivity contribution >= 4 is 23.2 Å². The molecule has 1 unspecified atom stereocenters. The lowest BCUT2D eigenvalue weighted by Gasteiger charge is -2.37. The number of hydrogen-bond acceptors (Lipinski definition) is 3. The highest BCUT2D eigenvalue weighted by atomic mass is 32.1. The number of para-hydroxylation sites is 1. The van der Waals surface area contributed by atoms with Crippen LogP contribution in [0.2, 0.25) is 0 Å². The average molecular weight is 400 g/mol. The summed E-state index contributed by atoms with van der Waals surface area (Å²) in [7, 11) is 0. The summed E-state index contributed by atoms with van der Waals surface area (Å²) >= 11 is 5.60. The minimum Gasteiger partial charge on any atom is -0.489 e. The Morgan fingerprint density at radius 1 is 1.25 bits per heavy atom. The van der Waals surface area contributed by atoms with Crippen molar-refractivity contribution in [1.82, 2.24) is 10.2 Å². The quantitative estimate of drug-likeness (QED) is 0.588. The van der Waals surface area contributed by atoms with Crippen molar-refractivity contribution in [3.63, 3.8) is 0 Å². The summed E-state index contributed by atoms with van der Waals surface area (Å²) in [6.45, 7) is 7.52. The number of ether oxygens (including phenoxy) is 1. The van der Waals surface area contributed by atoms with Crippen LogP contribution in [-0.2, 0) is 0 Å². The molecule has 6 heteroatoms. The van der Waals surface area contributed by atoms with E-state index in [1.807, 2.05) is 30.3 Å². The first-order valence-corrected chi connectivity index (χ1v) is 10.5. The third-order valence-electron chi connectivity index (χ3n) is 5.89. The molecule has 1 atom stereocenters. The van der Waals surface area contributed by atoms with E-state index in [4.69, 9.17) is 17.0 Å². The lowest BCUT2D eigenvalue weighted by atomic mass is 9.79. The van der Waals surface area contributed by atoms with Gasteiger partial charge in [0.15, 0.2) is 0 Å². The van der Waals surface area contributed by atoms with Crippen LogP contribution in [0, 0.1) is 16.7 Å². The van der Waals surface area contributed by atoms with Crippen LogP contribution in [-0.4, -0.2) is 40.6 Å². The van der Waals surface area contributed by atoms with Crippen LogP contribution in [0.5, 0.6) is 5.75 Å². The third kappa shape index (κ3) is 4.30. The predicted octanol–water partition coefficient (Wildman–Crippen LogP) is 2.38. The summed E-state index contributed by atoms with van der Waals surface area (Å²) in [4.78, 5) is 5.83. The third-order valence-corrected chi connectivity index (χ3v) is 6.21. The number of nitriles is 1. The van der Waals surface area contributed by atoms with Crippen LogP contribution < -0.4 is 15.0 Å². The Labute approximate surface area is 173 Å². The zero-order chi connectivity index (χ0) is 20.2. The fourth-order valence-electron chi connectivity index (χ4n) is 4.12. The minimum absolute atomic E-state index is 0.0103. The van der Waals surface area contributed by atoms with Gasteiger partial charge in [-0.3, -0.25) is 9.89 Å². The molecule has 1 heterocycles. The Kier molecular flexibility index (Phi) is 6.24. The number of hydrogen-bond donors (Lipinski definition) is 2. The lowest BCUT2D eigenvalue weighted by molar-refractivity contribution is -0.529. The van der Waals surface area contributed by atoms with Crippen molar-refractivity contribution in [3.8, 4) is 11.8 Å². The van der Waals surface area contributed by atoms with E-state index in [2.05, 4.69) is 42.0 Å². The molecule has 0 bridgehead atoms. The van der Waals surface area contributed by atoms with E-state index in [9.17, 15) is 5.26 Å². The second kappa shape index (κ2) is 8.48. The maximum Gasteiger partial charge on any atom is 0.276 e. The summed E-state index contributed by atoms with van der Waals surface area (Å²) in [5.41, 5.74) is -0.217. The van der Waals surface area contributed by atoms with Gasteiger partial charge in [0.25, 0.3) is 10.9 Å². The molecule has 1 saturated carbocycles. The molecule has 1 aliphatic carbocycles. The minimum atomic E-state index is -0.207. The second-order valence-electron chi connectivity index (χ2n) is 8.83. The fourth-order valence-corrected chi connectivity index (χ4v) is 4.46. The number of nitrogens with zero attached hydrogens (tertiary/aromatic N) is 2. The Balaban J connectivity index is 1.89. The summed E-state index contributed by atoms with van der Waals surface area (Å²) < 4.78 is 6.08. The van der Waals surface area contributed by atoms with Gasteiger partial charge in [-0.2, -0.15) is 5.26 Å². The molecule has 28 heavy (non-hydrogen) atoms. The lowest BCUT2D eigenvalue weighted by Crippen LogP contribution is -2.88. The van der Waals surface area contributed by atoms with Crippen LogP contribution >= 0.6 is 12.2 Å². The molecule has 1 spiro atoms. The molecule has 0 aromatic heterocycles. The van der Waals surface area contributed by atoms with Crippen molar-refractivity contribution in [2.75, 3.05) is 13.2 Å². The Hall–Kier alpha value is -2.13. The molecule has 2 N–H and O–H groups in total. The molecule has 3 rings (SSSR count). The number of nitrogens with one attached hydrogen (secondary N) is 2. The number of thiocarbonyl (C=S) groups is 1. The van der Waals surface area contributed by atoms with E-state index in [0.717, 1.165) is 37.3 Å². The van der Waals surface area contributed by atoms with Crippen LogP contribution in [0.1, 0.15) is 52.9 Å². The first-order valence-electron chi connectivity index (χ1n) is 10.1. The molecular weight excluding hydrogens is 368 g/mol. The molecule has 1 saturated heterocycles. The molecule has 1 aromatic carbocycles. The monoisotopic (exact) mass is 399 g/mol. The van der Waals surface area contributed by atoms with E-state index < -0.39 is 0 Å². The molecule has 0 radical (unpaired) electrons. The first kappa shape index (κ1) is 20.6. The largest absolute Gasteiger partial charge is 0.489 e. The van der Waals surface area contributed by atoms with E-state index in [1.165, 1.54) is 6.42 Å². The molecular formula is C22H31N4OS+. The second-order valence-corrected chi connectivity index (χ2v) is 9.22. The van der Waals surface area contributed by atoms with Crippen LogP contribution in [0.15, 0.2) is 30.3 Å². The molecule has 5 nitrogen and oxygen atoms in total. The number of benzene rings is 1. The highest BCUT2D eigenvalue weighted by molar-refractivity contribution is 7.80. The maximum absolute atomic E-state index is 9.34. The van der Waals surface area contributed by atoms with E-state index in [1.54, 1.807) is 0 Å². The van der Waals surface area contributed by atoms with Gasteiger partial charge in [-0.05, 0) is 37.2 Å². The van der Waals surface area contributed by atoms with Gasteiger partial charge in [0.1, 0.15) is 30.5 Å². The van der Waals surface area contributed by atoms with Gasteiger partial charge < -0.3 is 4.74 Å². The van der Waals surface area contributed by atoms with E-state index in [0.29, 0.717) is 18.3 Å². The normalized spacial score (nSPS) is 21.4. The van der Waals surface area contributed by atoms with E-state index >= 15 is 0 Å². The SMILES string of the molecule is CC(C)(C)C(COc1ccccc1)[NH+]=C1NC(=S)N(CC#N)C12CCCCC2. The summed E-state index contributed by atoms with van der Waals surface area (Å²) in [6, 6.07) is 12.3. The molecule has 0 amide bonds. The molecule has 2 fully saturated rings. The Morgan fingerprint density at radius 2 is 1.93 bits per heavy atom. The predicted molar refractivity (Wildman–Crippen MR) is 115 cm³/mol. The van der Waals surface area contributed by atoms with Crippen molar-refractivity contribution < 1.29 is 9.73 Å². The van der Waals surface area contributed by atoms with Gasteiger partial charge in [0.05, 0.1) is 6.07 Å². The van der Waals surface area contributed by atoms with Crippen molar-refractivity contribution in [3.05, 3.63) is 30.3 Å². The maximum atomic E-state index is 9.34. The summed E-state index contributed by atoms with van der Waals surface area (Å²) in [5.74, 6) is 1.92. The first-order chi connectivity index (χ1) is 13.4. The van der Waals surface area contributed by atoms with Gasteiger partial charge in [-0.15, -0.1) is 0 Å². The number of amidine groups is 1. The summed E-state index contributed by atoms with van der Waals surface area (Å²) in [5, 5.41) is 13.4. The van der Waals surface area contributed by atoms with Gasteiger partial charge >= 0.3 is 0 Å². The Morgan fingerprint density at radius 3 is 2.54 bits per heavy atom. The van der Waals surface area contributed by atoms with Crippen LogP contribution in [0.3, 0.4) is 0 Å². The molecule has 1 aromatic rings. The number of rotatable bonds is 5. The van der Waals surface area contributed by atoms with Crippen molar-refractivity contribution in [2.45, 2.75) is 64.5 Å². The highest BCUT2D eigenvalue weighted by Gasteiger charge is 2.55. The van der Waals surface area contributed by atoms with Gasteiger partial charge in [0, 0.05) is 5.41 Å². The van der Waals surface area contributed by atoms with Gasteiger partial charge in [-0.25, -0.2) is 5.32 Å². The highest BCUT2D eigenvalue weighted by Crippen LogP contribution is 2.36. The summed E-state index contributed by atoms with van der Waals surface area (Å²) in [6.07, 6.45) is 5.57. The molecule has 150 valence electrons. The van der Waals surface area contributed by atoms with Crippen molar-refractivity contribution in [2.24, 2.45) is 5.41 Å².